The Kier molecular flexibility index (Phi) is 4.14. The summed E-state index contributed by atoms with van der Waals surface area (Å²) in [4.78, 5) is 0. The molecule has 3 nitrogen and oxygen atoms in total. The number of nitrogens with two attached hydrogens (primary N) is 1. The zero-order valence-corrected chi connectivity index (χ0v) is 11.7. The first-order chi connectivity index (χ1) is 8.60. The second kappa shape index (κ2) is 5.63. The molecule has 18 heavy (non-hydrogen) atoms. The largest absolute Gasteiger partial charge is 0.327 e. The zero-order chi connectivity index (χ0) is 13.1. The number of H-pyrrole nitrogens is 1. The topological polar surface area (TPSA) is 54.7 Å². The molecule has 0 spiro atoms. The van der Waals surface area contributed by atoms with Crippen LogP contribution in [0.4, 0.5) is 4.39 Å². The molecule has 1 atom stereocenters. The Bertz CT molecular complexity index is 539. The van der Waals surface area contributed by atoms with Crippen molar-refractivity contribution >= 4 is 15.9 Å². The minimum absolute atomic E-state index is 0.137. The van der Waals surface area contributed by atoms with E-state index in [0.29, 0.717) is 4.47 Å². The third-order valence-corrected chi connectivity index (χ3v) is 3.46. The van der Waals surface area contributed by atoms with Crippen LogP contribution in [0.5, 0.6) is 0 Å². The van der Waals surface area contributed by atoms with E-state index in [1.807, 2.05) is 6.07 Å². The number of aromatic amines is 1. The van der Waals surface area contributed by atoms with Gasteiger partial charge in [0, 0.05) is 23.7 Å². The molecule has 2 aromatic rings. The van der Waals surface area contributed by atoms with E-state index in [9.17, 15) is 4.39 Å². The van der Waals surface area contributed by atoms with Crippen LogP contribution in [0.25, 0.3) is 11.3 Å². The van der Waals surface area contributed by atoms with Gasteiger partial charge in [0.25, 0.3) is 0 Å². The predicted octanol–water partition coefficient (Wildman–Crippen LogP) is 3.26. The summed E-state index contributed by atoms with van der Waals surface area (Å²) < 4.78 is 13.6. The number of benzene rings is 1. The SMILES string of the molecule is CCC(N)Cc1cc(-c2ccc(F)c(Br)c2)n[nH]1. The highest BCUT2D eigenvalue weighted by Crippen LogP contribution is 2.24. The summed E-state index contributed by atoms with van der Waals surface area (Å²) in [5.41, 5.74) is 8.56. The van der Waals surface area contributed by atoms with Gasteiger partial charge < -0.3 is 5.73 Å². The van der Waals surface area contributed by atoms with Crippen molar-refractivity contribution in [2.75, 3.05) is 0 Å². The maximum absolute atomic E-state index is 13.1. The van der Waals surface area contributed by atoms with Crippen LogP contribution in [0.2, 0.25) is 0 Å². The lowest BCUT2D eigenvalue weighted by Gasteiger charge is -2.04. The van der Waals surface area contributed by atoms with Crippen LogP contribution in [0.15, 0.2) is 28.7 Å². The Morgan fingerprint density at radius 2 is 2.22 bits per heavy atom. The Balaban J connectivity index is 2.21. The summed E-state index contributed by atoms with van der Waals surface area (Å²) in [5, 5.41) is 7.19. The molecule has 2 rings (SSSR count). The van der Waals surface area contributed by atoms with Gasteiger partial charge in [-0.15, -0.1) is 0 Å². The summed E-state index contributed by atoms with van der Waals surface area (Å²) in [7, 11) is 0. The minimum Gasteiger partial charge on any atom is -0.327 e. The number of halogens is 2. The second-order valence-electron chi connectivity index (χ2n) is 4.28. The highest BCUT2D eigenvalue weighted by molar-refractivity contribution is 9.10. The molecular weight excluding hydrogens is 297 g/mol. The molecule has 0 fully saturated rings. The minimum atomic E-state index is -0.275. The van der Waals surface area contributed by atoms with Gasteiger partial charge in [-0.1, -0.05) is 6.92 Å². The van der Waals surface area contributed by atoms with E-state index >= 15 is 0 Å². The molecule has 0 aliphatic carbocycles. The van der Waals surface area contributed by atoms with Gasteiger partial charge >= 0.3 is 0 Å². The summed E-state index contributed by atoms with van der Waals surface area (Å²) in [6.45, 7) is 2.05. The van der Waals surface area contributed by atoms with Gasteiger partial charge in [0.15, 0.2) is 0 Å². The summed E-state index contributed by atoms with van der Waals surface area (Å²) in [6, 6.07) is 6.94. The van der Waals surface area contributed by atoms with Crippen LogP contribution in [0, 0.1) is 5.82 Å². The van der Waals surface area contributed by atoms with Crippen molar-refractivity contribution in [3.63, 3.8) is 0 Å². The first-order valence-electron chi connectivity index (χ1n) is 5.85. The van der Waals surface area contributed by atoms with E-state index in [0.717, 1.165) is 29.8 Å². The highest BCUT2D eigenvalue weighted by Gasteiger charge is 2.08. The third kappa shape index (κ3) is 2.97. The van der Waals surface area contributed by atoms with Gasteiger partial charge in [-0.25, -0.2) is 4.39 Å². The summed E-state index contributed by atoms with van der Waals surface area (Å²) in [5.74, 6) is -0.275. The monoisotopic (exact) mass is 311 g/mol. The molecule has 0 amide bonds. The Morgan fingerprint density at radius 3 is 2.89 bits per heavy atom. The summed E-state index contributed by atoms with van der Waals surface area (Å²) >= 11 is 3.17. The molecular formula is C13H15BrFN3. The lowest BCUT2D eigenvalue weighted by Crippen LogP contribution is -2.21. The van der Waals surface area contributed by atoms with Crippen molar-refractivity contribution in [1.82, 2.24) is 10.2 Å². The molecule has 1 unspecified atom stereocenters. The molecule has 0 saturated heterocycles. The normalized spacial score (nSPS) is 12.7. The van der Waals surface area contributed by atoms with Crippen LogP contribution in [-0.4, -0.2) is 16.2 Å². The van der Waals surface area contributed by atoms with Gasteiger partial charge in [0.1, 0.15) is 5.82 Å². The molecule has 0 saturated carbocycles. The molecule has 0 bridgehead atoms. The fraction of sp³-hybridized carbons (Fsp3) is 0.308. The molecule has 1 aromatic heterocycles. The Morgan fingerprint density at radius 1 is 1.44 bits per heavy atom. The molecule has 0 aliphatic heterocycles. The van der Waals surface area contributed by atoms with Crippen LogP contribution in [0.3, 0.4) is 0 Å². The molecule has 1 heterocycles. The van der Waals surface area contributed by atoms with E-state index in [4.69, 9.17) is 5.73 Å². The van der Waals surface area contributed by atoms with E-state index in [-0.39, 0.29) is 11.9 Å². The summed E-state index contributed by atoms with van der Waals surface area (Å²) in [6.07, 6.45) is 1.70. The van der Waals surface area contributed by atoms with Crippen LogP contribution < -0.4 is 5.73 Å². The average molecular weight is 312 g/mol. The molecule has 1 aromatic carbocycles. The fourth-order valence-electron chi connectivity index (χ4n) is 1.70. The first-order valence-corrected chi connectivity index (χ1v) is 6.64. The number of aromatic nitrogens is 2. The Labute approximate surface area is 114 Å². The molecule has 96 valence electrons. The van der Waals surface area contributed by atoms with Gasteiger partial charge in [-0.2, -0.15) is 5.10 Å². The van der Waals surface area contributed by atoms with Crippen molar-refractivity contribution in [2.45, 2.75) is 25.8 Å². The molecule has 0 aliphatic rings. The lowest BCUT2D eigenvalue weighted by molar-refractivity contribution is 0.621. The van der Waals surface area contributed by atoms with Crippen LogP contribution in [0.1, 0.15) is 19.0 Å². The fourth-order valence-corrected chi connectivity index (χ4v) is 2.08. The number of nitrogens with zero attached hydrogens (tertiary/aromatic N) is 1. The average Bonchev–Trinajstić information content (AvgIpc) is 2.81. The van der Waals surface area contributed by atoms with Crippen molar-refractivity contribution in [3.8, 4) is 11.3 Å². The smallest absolute Gasteiger partial charge is 0.137 e. The standard InChI is InChI=1S/C13H15BrFN3/c1-2-9(16)6-10-7-13(18-17-10)8-3-4-12(15)11(14)5-8/h3-5,7,9H,2,6,16H2,1H3,(H,17,18). The van der Waals surface area contributed by atoms with E-state index in [1.165, 1.54) is 6.07 Å². The predicted molar refractivity (Wildman–Crippen MR) is 73.7 cm³/mol. The maximum Gasteiger partial charge on any atom is 0.137 e. The second-order valence-corrected chi connectivity index (χ2v) is 5.13. The quantitative estimate of drug-likeness (QED) is 0.910. The number of hydrogen-bond donors (Lipinski definition) is 2. The highest BCUT2D eigenvalue weighted by atomic mass is 79.9. The van der Waals surface area contributed by atoms with Gasteiger partial charge in [0.2, 0.25) is 0 Å². The Hall–Kier alpha value is -1.20. The van der Waals surface area contributed by atoms with Crippen molar-refractivity contribution in [3.05, 3.63) is 40.2 Å². The molecule has 5 heteroatoms. The first kappa shape index (κ1) is 13.2. The van der Waals surface area contributed by atoms with E-state index in [2.05, 4.69) is 33.1 Å². The molecule has 0 radical (unpaired) electrons. The lowest BCUT2D eigenvalue weighted by atomic mass is 10.1. The van der Waals surface area contributed by atoms with Gasteiger partial charge in [-0.05, 0) is 46.6 Å². The van der Waals surface area contributed by atoms with E-state index < -0.39 is 0 Å². The third-order valence-electron chi connectivity index (χ3n) is 2.85. The zero-order valence-electron chi connectivity index (χ0n) is 10.1. The van der Waals surface area contributed by atoms with Gasteiger partial charge in [-0.3, -0.25) is 5.10 Å². The maximum atomic E-state index is 13.1. The number of nitrogens with one attached hydrogen (secondary N) is 1. The number of rotatable bonds is 4. The molecule has 3 N–H and O–H groups in total. The number of hydrogen-bond acceptors (Lipinski definition) is 2. The van der Waals surface area contributed by atoms with Crippen molar-refractivity contribution in [1.29, 1.82) is 0 Å². The van der Waals surface area contributed by atoms with Crippen molar-refractivity contribution < 1.29 is 4.39 Å². The van der Waals surface area contributed by atoms with Crippen molar-refractivity contribution in [2.24, 2.45) is 5.73 Å². The van der Waals surface area contributed by atoms with Crippen LogP contribution >= 0.6 is 15.9 Å². The van der Waals surface area contributed by atoms with E-state index in [1.54, 1.807) is 12.1 Å². The van der Waals surface area contributed by atoms with Crippen LogP contribution in [-0.2, 0) is 6.42 Å². The van der Waals surface area contributed by atoms with Gasteiger partial charge in [0.05, 0.1) is 10.2 Å².